The maximum Gasteiger partial charge on any atom is 0.257 e. The predicted octanol–water partition coefficient (Wildman–Crippen LogP) is 4.25. The molecule has 186 valence electrons. The summed E-state index contributed by atoms with van der Waals surface area (Å²) in [5.74, 6) is -0.643. The molecule has 0 radical (unpaired) electrons. The van der Waals surface area contributed by atoms with E-state index < -0.39 is 29.6 Å². The van der Waals surface area contributed by atoms with E-state index in [0.29, 0.717) is 30.2 Å². The van der Waals surface area contributed by atoms with Crippen LogP contribution in [0.25, 0.3) is 0 Å². The first-order valence-corrected chi connectivity index (χ1v) is 11.7. The molecule has 0 saturated carbocycles. The zero-order valence-electron chi connectivity index (χ0n) is 20.1. The number of amides is 3. The van der Waals surface area contributed by atoms with Crippen molar-refractivity contribution in [3.63, 3.8) is 0 Å². The minimum absolute atomic E-state index is 0.115. The van der Waals surface area contributed by atoms with Crippen LogP contribution in [0, 0.1) is 5.82 Å². The molecule has 0 N–H and O–H groups in total. The number of benzene rings is 3. The third-order valence-corrected chi connectivity index (χ3v) is 6.04. The number of nitrogens with zero attached hydrogens (tertiary/aromatic N) is 2. The number of hydrogen-bond donors (Lipinski definition) is 0. The summed E-state index contributed by atoms with van der Waals surface area (Å²) in [5.41, 5.74) is 1.45. The highest BCUT2D eigenvalue weighted by molar-refractivity contribution is 6.23. The van der Waals surface area contributed by atoms with Crippen molar-refractivity contribution in [3.8, 4) is 11.5 Å². The molecule has 1 heterocycles. The third-order valence-electron chi connectivity index (χ3n) is 6.04. The van der Waals surface area contributed by atoms with E-state index in [0.717, 1.165) is 16.5 Å². The van der Waals surface area contributed by atoms with Crippen molar-refractivity contribution in [1.29, 1.82) is 0 Å². The summed E-state index contributed by atoms with van der Waals surface area (Å²) in [4.78, 5) is 42.3. The monoisotopic (exact) mass is 490 g/mol. The Kier molecular flexibility index (Phi) is 7.63. The first-order chi connectivity index (χ1) is 17.4. The van der Waals surface area contributed by atoms with Gasteiger partial charge in [0, 0.05) is 12.1 Å². The zero-order chi connectivity index (χ0) is 25.7. The van der Waals surface area contributed by atoms with Crippen LogP contribution < -0.4 is 14.4 Å². The topological polar surface area (TPSA) is 76.2 Å². The second-order valence-electron chi connectivity index (χ2n) is 8.32. The summed E-state index contributed by atoms with van der Waals surface area (Å²) in [6, 6.07) is 18.3. The Morgan fingerprint density at radius 1 is 1.03 bits per heavy atom. The Balaban J connectivity index is 1.60. The average Bonchev–Trinajstić information content (AvgIpc) is 3.18. The van der Waals surface area contributed by atoms with Gasteiger partial charge in [-0.05, 0) is 73.5 Å². The average molecular weight is 491 g/mol. The molecule has 0 aliphatic carbocycles. The van der Waals surface area contributed by atoms with Crippen LogP contribution >= 0.6 is 0 Å². The molecule has 0 spiro atoms. The van der Waals surface area contributed by atoms with Crippen LogP contribution in [0.3, 0.4) is 0 Å². The molecule has 7 nitrogen and oxygen atoms in total. The highest BCUT2D eigenvalue weighted by Gasteiger charge is 2.44. The number of methoxy groups -OCH3 is 1. The van der Waals surface area contributed by atoms with Crippen LogP contribution in [0.5, 0.6) is 11.5 Å². The fourth-order valence-electron chi connectivity index (χ4n) is 4.22. The number of hydrogen-bond acceptors (Lipinski definition) is 5. The number of anilines is 1. The van der Waals surface area contributed by atoms with Gasteiger partial charge in [0.2, 0.25) is 5.91 Å². The van der Waals surface area contributed by atoms with Gasteiger partial charge < -0.3 is 14.4 Å². The predicted molar refractivity (Wildman–Crippen MR) is 133 cm³/mol. The van der Waals surface area contributed by atoms with E-state index in [-0.39, 0.29) is 18.5 Å². The molecule has 3 amide bonds. The smallest absolute Gasteiger partial charge is 0.257 e. The van der Waals surface area contributed by atoms with E-state index in [9.17, 15) is 18.8 Å². The molecule has 1 fully saturated rings. The zero-order valence-corrected chi connectivity index (χ0v) is 20.1. The summed E-state index contributed by atoms with van der Waals surface area (Å²) in [6.45, 7) is 2.53. The summed E-state index contributed by atoms with van der Waals surface area (Å²) in [6.07, 6.45) is 0.280. The van der Waals surface area contributed by atoms with Gasteiger partial charge in [-0.1, -0.05) is 18.2 Å². The Morgan fingerprint density at radius 3 is 2.36 bits per heavy atom. The van der Waals surface area contributed by atoms with Crippen LogP contribution in [0.1, 0.15) is 29.3 Å². The molecule has 1 atom stereocenters. The van der Waals surface area contributed by atoms with E-state index >= 15 is 0 Å². The van der Waals surface area contributed by atoms with Crippen molar-refractivity contribution in [1.82, 2.24) is 4.90 Å². The molecular formula is C28H27FN2O5. The van der Waals surface area contributed by atoms with Gasteiger partial charge in [-0.2, -0.15) is 0 Å². The Bertz CT molecular complexity index is 1240. The molecule has 8 heteroatoms. The van der Waals surface area contributed by atoms with Crippen LogP contribution in [0.4, 0.5) is 10.1 Å². The highest BCUT2D eigenvalue weighted by Crippen LogP contribution is 2.28. The minimum atomic E-state index is -1.00. The van der Waals surface area contributed by atoms with Crippen molar-refractivity contribution in [3.05, 3.63) is 89.7 Å². The van der Waals surface area contributed by atoms with Crippen LogP contribution in [-0.2, 0) is 16.0 Å². The second kappa shape index (κ2) is 11.0. The van der Waals surface area contributed by atoms with Gasteiger partial charge in [0.25, 0.3) is 11.8 Å². The molecule has 3 aromatic rings. The SMILES string of the molecule is CCOc1ccc(N2C(=O)C[C@H](N(CCc3ccc(OC)cc3)C(=O)c3cccc(F)c3)C2=O)cc1. The number of rotatable bonds is 9. The molecule has 1 aliphatic rings. The fourth-order valence-corrected chi connectivity index (χ4v) is 4.22. The van der Waals surface area contributed by atoms with Gasteiger partial charge in [0.15, 0.2) is 0 Å². The summed E-state index contributed by atoms with van der Waals surface area (Å²) in [5, 5.41) is 0. The first-order valence-electron chi connectivity index (χ1n) is 11.7. The summed E-state index contributed by atoms with van der Waals surface area (Å²) in [7, 11) is 1.58. The lowest BCUT2D eigenvalue weighted by Gasteiger charge is -2.28. The maximum absolute atomic E-state index is 13.9. The normalized spacial score (nSPS) is 15.2. The van der Waals surface area contributed by atoms with E-state index in [2.05, 4.69) is 0 Å². The molecule has 1 saturated heterocycles. The first kappa shape index (κ1) is 24.9. The molecule has 3 aromatic carbocycles. The highest BCUT2D eigenvalue weighted by atomic mass is 19.1. The standard InChI is InChI=1S/C28H27FN2O5/c1-3-36-24-13-9-22(10-14-24)31-26(32)18-25(28(31)34)30(27(33)20-5-4-6-21(29)17-20)16-15-19-7-11-23(35-2)12-8-19/h4-14,17,25H,3,15-16,18H2,1-2H3/t25-/m0/s1. The lowest BCUT2D eigenvalue weighted by molar-refractivity contribution is -0.122. The fraction of sp³-hybridized carbons (Fsp3) is 0.250. The number of carbonyl (C=O) groups is 3. The lowest BCUT2D eigenvalue weighted by atomic mass is 10.1. The van der Waals surface area contributed by atoms with Gasteiger partial charge >= 0.3 is 0 Å². The quantitative estimate of drug-likeness (QED) is 0.419. The Hall–Kier alpha value is -4.20. The van der Waals surface area contributed by atoms with E-state index in [1.807, 2.05) is 31.2 Å². The Morgan fingerprint density at radius 2 is 1.72 bits per heavy atom. The molecular weight excluding hydrogens is 463 g/mol. The van der Waals surface area contributed by atoms with Crippen molar-refractivity contribution >= 4 is 23.4 Å². The second-order valence-corrected chi connectivity index (χ2v) is 8.32. The van der Waals surface area contributed by atoms with E-state index in [1.165, 1.54) is 23.1 Å². The van der Waals surface area contributed by atoms with Crippen molar-refractivity contribution in [2.75, 3.05) is 25.2 Å². The third kappa shape index (κ3) is 5.38. The largest absolute Gasteiger partial charge is 0.497 e. The van der Waals surface area contributed by atoms with Crippen LogP contribution in [0.2, 0.25) is 0 Å². The van der Waals surface area contributed by atoms with Crippen molar-refractivity contribution in [2.24, 2.45) is 0 Å². The molecule has 0 unspecified atom stereocenters. The van der Waals surface area contributed by atoms with Crippen molar-refractivity contribution < 1.29 is 28.2 Å². The Labute approximate surface area is 209 Å². The number of imide groups is 1. The number of halogens is 1. The summed E-state index contributed by atoms with van der Waals surface area (Å²) >= 11 is 0. The molecule has 1 aliphatic heterocycles. The van der Waals surface area contributed by atoms with Crippen LogP contribution in [0.15, 0.2) is 72.8 Å². The van der Waals surface area contributed by atoms with Gasteiger partial charge in [-0.25, -0.2) is 9.29 Å². The molecule has 0 aromatic heterocycles. The molecule has 4 rings (SSSR count). The van der Waals surface area contributed by atoms with Gasteiger partial charge in [-0.3, -0.25) is 14.4 Å². The van der Waals surface area contributed by atoms with Gasteiger partial charge in [0.1, 0.15) is 23.4 Å². The van der Waals surface area contributed by atoms with Gasteiger partial charge in [-0.15, -0.1) is 0 Å². The minimum Gasteiger partial charge on any atom is -0.497 e. The van der Waals surface area contributed by atoms with Gasteiger partial charge in [0.05, 0.1) is 25.8 Å². The summed E-state index contributed by atoms with van der Waals surface area (Å²) < 4.78 is 24.5. The van der Waals surface area contributed by atoms with Crippen molar-refractivity contribution in [2.45, 2.75) is 25.8 Å². The molecule has 0 bridgehead atoms. The van der Waals surface area contributed by atoms with E-state index in [4.69, 9.17) is 9.47 Å². The lowest BCUT2D eigenvalue weighted by Crippen LogP contribution is -2.46. The number of ether oxygens (including phenoxy) is 2. The number of carbonyl (C=O) groups excluding carboxylic acids is 3. The molecule has 36 heavy (non-hydrogen) atoms. The van der Waals surface area contributed by atoms with Crippen LogP contribution in [-0.4, -0.2) is 48.9 Å². The maximum atomic E-state index is 13.9. The van der Waals surface area contributed by atoms with E-state index in [1.54, 1.807) is 31.4 Å².